The molecule has 1 aromatic carbocycles. The van der Waals surface area contributed by atoms with Crippen LogP contribution in [0.1, 0.15) is 32.3 Å². The van der Waals surface area contributed by atoms with E-state index in [0.29, 0.717) is 19.4 Å². The summed E-state index contributed by atoms with van der Waals surface area (Å²) in [5.41, 5.74) is -0.263. The summed E-state index contributed by atoms with van der Waals surface area (Å²) in [5.74, 6) is -1.01. The zero-order valence-electron chi connectivity index (χ0n) is 11.6. The number of nitrogens with one attached hydrogen (secondary N) is 2. The van der Waals surface area contributed by atoms with Crippen LogP contribution in [-0.2, 0) is 11.3 Å². The molecule has 0 atom stereocenters. The average Bonchev–Trinajstić information content (AvgIpc) is 2.44. The molecule has 0 aliphatic rings. The standard InChI is InChI=1S/C14H19BrN2O3/c1-3-14(4-2,12(18)19)17-13(20)16-9-10-5-7-11(15)8-6-10/h5-8H,3-4,9H2,1-2H3,(H,18,19)(H2,16,17,20). The summed E-state index contributed by atoms with van der Waals surface area (Å²) < 4.78 is 0.965. The Kier molecular flexibility index (Phi) is 6.01. The summed E-state index contributed by atoms with van der Waals surface area (Å²) in [6, 6.07) is 7.06. The summed E-state index contributed by atoms with van der Waals surface area (Å²) in [6.07, 6.45) is 0.676. The Morgan fingerprint density at radius 1 is 1.20 bits per heavy atom. The maximum absolute atomic E-state index is 11.8. The highest BCUT2D eigenvalue weighted by Gasteiger charge is 2.36. The molecular weight excluding hydrogens is 324 g/mol. The van der Waals surface area contributed by atoms with Crippen LogP contribution in [0.25, 0.3) is 0 Å². The van der Waals surface area contributed by atoms with Gasteiger partial charge in [0, 0.05) is 11.0 Å². The smallest absolute Gasteiger partial charge is 0.329 e. The molecule has 0 aromatic heterocycles. The lowest BCUT2D eigenvalue weighted by Crippen LogP contribution is -2.56. The number of carboxylic acids is 1. The number of carbonyl (C=O) groups excluding carboxylic acids is 1. The van der Waals surface area contributed by atoms with Crippen molar-refractivity contribution >= 4 is 27.9 Å². The molecule has 0 radical (unpaired) electrons. The fraction of sp³-hybridized carbons (Fsp3) is 0.429. The molecule has 5 nitrogen and oxygen atoms in total. The topological polar surface area (TPSA) is 78.4 Å². The number of benzene rings is 1. The van der Waals surface area contributed by atoms with Crippen LogP contribution >= 0.6 is 15.9 Å². The second-order valence-electron chi connectivity index (χ2n) is 4.53. The van der Waals surface area contributed by atoms with Gasteiger partial charge in [-0.05, 0) is 30.5 Å². The molecular formula is C14H19BrN2O3. The van der Waals surface area contributed by atoms with Gasteiger partial charge in [0.1, 0.15) is 5.54 Å². The van der Waals surface area contributed by atoms with Crippen molar-refractivity contribution in [2.75, 3.05) is 0 Å². The fourth-order valence-corrected chi connectivity index (χ4v) is 2.09. The minimum atomic E-state index is -1.20. The van der Waals surface area contributed by atoms with Crippen molar-refractivity contribution in [3.8, 4) is 0 Å². The molecule has 0 fully saturated rings. The lowest BCUT2D eigenvalue weighted by Gasteiger charge is -2.28. The van der Waals surface area contributed by atoms with Gasteiger partial charge in [0.05, 0.1) is 0 Å². The van der Waals surface area contributed by atoms with Crippen LogP contribution in [0.5, 0.6) is 0 Å². The van der Waals surface area contributed by atoms with Crippen molar-refractivity contribution in [3.63, 3.8) is 0 Å². The van der Waals surface area contributed by atoms with Crippen LogP contribution in [0.4, 0.5) is 4.79 Å². The third-order valence-corrected chi connectivity index (χ3v) is 3.86. The van der Waals surface area contributed by atoms with E-state index in [1.807, 2.05) is 24.3 Å². The quantitative estimate of drug-likeness (QED) is 0.743. The maximum Gasteiger partial charge on any atom is 0.329 e. The van der Waals surface area contributed by atoms with E-state index in [9.17, 15) is 14.7 Å². The molecule has 0 aliphatic heterocycles. The van der Waals surface area contributed by atoms with Gasteiger partial charge >= 0.3 is 12.0 Å². The predicted molar refractivity (Wildman–Crippen MR) is 80.5 cm³/mol. The molecule has 20 heavy (non-hydrogen) atoms. The molecule has 0 aliphatic carbocycles. The normalized spacial score (nSPS) is 10.9. The molecule has 110 valence electrons. The summed E-state index contributed by atoms with van der Waals surface area (Å²) in [4.78, 5) is 23.1. The lowest BCUT2D eigenvalue weighted by atomic mass is 9.93. The van der Waals surface area contributed by atoms with E-state index >= 15 is 0 Å². The zero-order valence-corrected chi connectivity index (χ0v) is 13.2. The van der Waals surface area contributed by atoms with Gasteiger partial charge in [-0.25, -0.2) is 9.59 Å². The number of aliphatic carboxylic acids is 1. The second-order valence-corrected chi connectivity index (χ2v) is 5.44. The number of halogens is 1. The highest BCUT2D eigenvalue weighted by molar-refractivity contribution is 9.10. The number of amides is 2. The molecule has 0 saturated heterocycles. The summed E-state index contributed by atoms with van der Waals surface area (Å²) in [7, 11) is 0. The number of urea groups is 1. The Morgan fingerprint density at radius 2 is 1.75 bits per heavy atom. The van der Waals surface area contributed by atoms with Gasteiger partial charge in [-0.15, -0.1) is 0 Å². The Balaban J connectivity index is 2.58. The first-order chi connectivity index (χ1) is 9.43. The molecule has 2 amide bonds. The minimum Gasteiger partial charge on any atom is -0.480 e. The van der Waals surface area contributed by atoms with E-state index < -0.39 is 17.5 Å². The number of hydrogen-bond donors (Lipinski definition) is 3. The Hall–Kier alpha value is -1.56. The molecule has 0 saturated carbocycles. The van der Waals surface area contributed by atoms with E-state index in [1.165, 1.54) is 0 Å². The predicted octanol–water partition coefficient (Wildman–Crippen LogP) is 2.89. The van der Waals surface area contributed by atoms with Crippen LogP contribution in [0, 0.1) is 0 Å². The summed E-state index contributed by atoms with van der Waals surface area (Å²) in [5, 5.41) is 14.5. The number of carboxylic acid groups (broad SMARTS) is 1. The molecule has 0 bridgehead atoms. The molecule has 3 N–H and O–H groups in total. The van der Waals surface area contributed by atoms with Crippen LogP contribution < -0.4 is 10.6 Å². The van der Waals surface area contributed by atoms with Crippen molar-refractivity contribution in [1.82, 2.24) is 10.6 Å². The van der Waals surface area contributed by atoms with Gasteiger partial charge < -0.3 is 15.7 Å². The van der Waals surface area contributed by atoms with E-state index in [-0.39, 0.29) is 0 Å². The van der Waals surface area contributed by atoms with Crippen molar-refractivity contribution in [2.24, 2.45) is 0 Å². The van der Waals surface area contributed by atoms with Crippen LogP contribution in [0.15, 0.2) is 28.7 Å². The third kappa shape index (κ3) is 4.23. The number of rotatable bonds is 6. The monoisotopic (exact) mass is 342 g/mol. The van der Waals surface area contributed by atoms with Gasteiger partial charge in [0.2, 0.25) is 0 Å². The van der Waals surface area contributed by atoms with Gasteiger partial charge in [-0.1, -0.05) is 41.9 Å². The van der Waals surface area contributed by atoms with Crippen LogP contribution in [0.3, 0.4) is 0 Å². The Morgan fingerprint density at radius 3 is 2.20 bits per heavy atom. The van der Waals surface area contributed by atoms with Crippen LogP contribution in [0.2, 0.25) is 0 Å². The SMILES string of the molecule is CCC(CC)(NC(=O)NCc1ccc(Br)cc1)C(=O)O. The van der Waals surface area contributed by atoms with Crippen molar-refractivity contribution < 1.29 is 14.7 Å². The molecule has 1 rings (SSSR count). The highest BCUT2D eigenvalue weighted by atomic mass is 79.9. The van der Waals surface area contributed by atoms with E-state index in [4.69, 9.17) is 0 Å². The highest BCUT2D eigenvalue weighted by Crippen LogP contribution is 2.15. The van der Waals surface area contributed by atoms with Crippen molar-refractivity contribution in [1.29, 1.82) is 0 Å². The molecule has 1 aromatic rings. The lowest BCUT2D eigenvalue weighted by molar-refractivity contribution is -0.144. The molecule has 0 heterocycles. The Labute approximate surface area is 126 Å². The second kappa shape index (κ2) is 7.28. The third-order valence-electron chi connectivity index (χ3n) is 3.34. The molecule has 0 spiro atoms. The maximum atomic E-state index is 11.8. The van der Waals surface area contributed by atoms with Crippen molar-refractivity contribution in [3.05, 3.63) is 34.3 Å². The zero-order chi connectivity index (χ0) is 15.2. The summed E-state index contributed by atoms with van der Waals surface area (Å²) >= 11 is 3.33. The molecule has 6 heteroatoms. The van der Waals surface area contributed by atoms with E-state index in [1.54, 1.807) is 13.8 Å². The molecule has 0 unspecified atom stereocenters. The van der Waals surface area contributed by atoms with Gasteiger partial charge in [-0.2, -0.15) is 0 Å². The fourth-order valence-electron chi connectivity index (χ4n) is 1.83. The summed E-state index contributed by atoms with van der Waals surface area (Å²) in [6.45, 7) is 3.83. The minimum absolute atomic E-state index is 0.338. The van der Waals surface area contributed by atoms with Gasteiger partial charge in [0.15, 0.2) is 0 Å². The van der Waals surface area contributed by atoms with Gasteiger partial charge in [0.25, 0.3) is 0 Å². The van der Waals surface area contributed by atoms with Crippen molar-refractivity contribution in [2.45, 2.75) is 38.8 Å². The first-order valence-corrected chi connectivity index (χ1v) is 7.26. The first-order valence-electron chi connectivity index (χ1n) is 6.47. The van der Waals surface area contributed by atoms with E-state index in [0.717, 1.165) is 10.0 Å². The average molecular weight is 343 g/mol. The van der Waals surface area contributed by atoms with E-state index in [2.05, 4.69) is 26.6 Å². The van der Waals surface area contributed by atoms with Crippen LogP contribution in [-0.4, -0.2) is 22.6 Å². The largest absolute Gasteiger partial charge is 0.480 e. The Bertz CT molecular complexity index is 470. The number of hydrogen-bond acceptors (Lipinski definition) is 2. The first kappa shape index (κ1) is 16.5. The number of carbonyl (C=O) groups is 2. The van der Waals surface area contributed by atoms with Gasteiger partial charge in [-0.3, -0.25) is 0 Å².